The Morgan fingerprint density at radius 3 is 2.06 bits per heavy atom. The van der Waals surface area contributed by atoms with Gasteiger partial charge in [-0.15, -0.1) is 0 Å². The zero-order chi connectivity index (χ0) is 24.3. The van der Waals surface area contributed by atoms with Gasteiger partial charge in [0.2, 0.25) is 0 Å². The highest BCUT2D eigenvalue weighted by Crippen LogP contribution is 2.25. The SMILES string of the molecule is CCCCCCCCCCCCCCCCn1c2[n+](c3ccccc31)CCC[n+]1ccc(C)cc1-2. The minimum Gasteiger partial charge on any atom is -0.218 e. The van der Waals surface area contributed by atoms with Crippen LogP contribution in [0, 0.1) is 6.92 Å². The number of rotatable bonds is 15. The topological polar surface area (TPSA) is 12.7 Å². The molecule has 0 aliphatic carbocycles. The fourth-order valence-corrected chi connectivity index (χ4v) is 5.91. The van der Waals surface area contributed by atoms with E-state index in [-0.39, 0.29) is 0 Å². The van der Waals surface area contributed by atoms with E-state index in [0.29, 0.717) is 0 Å². The van der Waals surface area contributed by atoms with E-state index in [0.717, 1.165) is 19.6 Å². The maximum absolute atomic E-state index is 2.62. The number of para-hydroxylation sites is 2. The lowest BCUT2D eigenvalue weighted by atomic mass is 10.0. The van der Waals surface area contributed by atoms with Crippen molar-refractivity contribution in [1.82, 2.24) is 4.57 Å². The molecule has 0 atom stereocenters. The molecule has 0 radical (unpaired) electrons. The molecule has 4 rings (SSSR count). The number of pyridine rings is 1. The Hall–Kier alpha value is -2.16. The molecule has 35 heavy (non-hydrogen) atoms. The third-order valence-corrected chi connectivity index (χ3v) is 7.91. The van der Waals surface area contributed by atoms with Crippen LogP contribution in [0.3, 0.4) is 0 Å². The summed E-state index contributed by atoms with van der Waals surface area (Å²) >= 11 is 0. The van der Waals surface area contributed by atoms with Gasteiger partial charge in [0.25, 0.3) is 5.69 Å². The zero-order valence-electron chi connectivity index (χ0n) is 22.6. The van der Waals surface area contributed by atoms with Gasteiger partial charge in [-0.1, -0.05) is 96.1 Å². The normalized spacial score (nSPS) is 13.1. The predicted molar refractivity (Wildman–Crippen MR) is 147 cm³/mol. The number of aryl methyl sites for hydroxylation is 4. The molecule has 0 bridgehead atoms. The molecule has 0 saturated heterocycles. The molecule has 0 fully saturated rings. The molecular formula is C32H49N3+2. The fraction of sp³-hybridized carbons (Fsp3) is 0.625. The van der Waals surface area contributed by atoms with Gasteiger partial charge in [0, 0.05) is 18.6 Å². The standard InChI is InChI=1S/C32H49N3/c1-3-4-5-6-7-8-9-10-11-12-13-14-15-18-24-34-29-20-16-17-21-30(29)35-25-19-23-33-26-22-28(2)27-31(33)32(34)35/h16-17,20-22,26-27H,3-15,18-19,23-25H2,1-2H3/q+2. The van der Waals surface area contributed by atoms with Gasteiger partial charge in [-0.3, -0.25) is 0 Å². The van der Waals surface area contributed by atoms with Crippen LogP contribution in [0.15, 0.2) is 42.6 Å². The summed E-state index contributed by atoms with van der Waals surface area (Å²) in [5.74, 6) is 1.40. The molecule has 0 saturated carbocycles. The third-order valence-electron chi connectivity index (χ3n) is 7.91. The summed E-state index contributed by atoms with van der Waals surface area (Å²) in [5, 5.41) is 0. The number of aromatic nitrogens is 3. The quantitative estimate of drug-likeness (QED) is 0.156. The van der Waals surface area contributed by atoms with Crippen molar-refractivity contribution in [3.8, 4) is 11.5 Å². The number of hydrogen-bond acceptors (Lipinski definition) is 0. The van der Waals surface area contributed by atoms with E-state index in [1.54, 1.807) is 0 Å². The molecule has 0 unspecified atom stereocenters. The number of hydrogen-bond donors (Lipinski definition) is 0. The minimum atomic E-state index is 1.10. The number of nitrogens with zero attached hydrogens (tertiary/aromatic N) is 3. The largest absolute Gasteiger partial charge is 0.355 e. The predicted octanol–water partition coefficient (Wildman–Crippen LogP) is 8.08. The van der Waals surface area contributed by atoms with Gasteiger partial charge in [0.15, 0.2) is 23.8 Å². The maximum atomic E-state index is 2.62. The maximum Gasteiger partial charge on any atom is 0.355 e. The summed E-state index contributed by atoms with van der Waals surface area (Å²) in [7, 11) is 0. The lowest BCUT2D eigenvalue weighted by Crippen LogP contribution is -2.37. The molecule has 0 spiro atoms. The minimum absolute atomic E-state index is 1.10. The Bertz CT molecular complexity index is 1050. The first-order chi connectivity index (χ1) is 17.3. The van der Waals surface area contributed by atoms with Crippen LogP contribution >= 0.6 is 0 Å². The number of benzene rings is 1. The van der Waals surface area contributed by atoms with Crippen LogP contribution in [0.25, 0.3) is 22.6 Å². The Morgan fingerprint density at radius 2 is 1.37 bits per heavy atom. The Labute approximate surface area is 214 Å². The van der Waals surface area contributed by atoms with Crippen LogP contribution < -0.4 is 9.13 Å². The molecule has 3 nitrogen and oxygen atoms in total. The van der Waals surface area contributed by atoms with Crippen LogP contribution in [-0.4, -0.2) is 4.57 Å². The Balaban J connectivity index is 1.26. The van der Waals surface area contributed by atoms with Crippen molar-refractivity contribution in [3.63, 3.8) is 0 Å². The third kappa shape index (κ3) is 6.96. The zero-order valence-corrected chi connectivity index (χ0v) is 22.6. The Kier molecular flexibility index (Phi) is 10.2. The highest BCUT2D eigenvalue weighted by molar-refractivity contribution is 5.75. The van der Waals surface area contributed by atoms with E-state index >= 15 is 0 Å². The van der Waals surface area contributed by atoms with Crippen molar-refractivity contribution >= 4 is 11.0 Å². The van der Waals surface area contributed by atoms with Crippen molar-refractivity contribution in [2.24, 2.45) is 0 Å². The second-order valence-corrected chi connectivity index (χ2v) is 10.8. The van der Waals surface area contributed by atoms with E-state index in [1.165, 1.54) is 124 Å². The second-order valence-electron chi connectivity index (χ2n) is 10.8. The molecule has 0 amide bonds. The average Bonchev–Trinajstić information content (AvgIpc) is 3.05. The number of unbranched alkanes of at least 4 members (excludes halogenated alkanes) is 13. The van der Waals surface area contributed by atoms with Crippen molar-refractivity contribution in [1.29, 1.82) is 0 Å². The first-order valence-electron chi connectivity index (χ1n) is 14.8. The van der Waals surface area contributed by atoms with E-state index in [4.69, 9.17) is 0 Å². The van der Waals surface area contributed by atoms with Gasteiger partial charge in [0.1, 0.15) is 0 Å². The molecule has 3 heteroatoms. The summed E-state index contributed by atoms with van der Waals surface area (Å²) < 4.78 is 7.66. The molecular weight excluding hydrogens is 426 g/mol. The van der Waals surface area contributed by atoms with Gasteiger partial charge in [-0.25, -0.2) is 9.13 Å². The molecule has 2 aromatic heterocycles. The Morgan fingerprint density at radius 1 is 0.743 bits per heavy atom. The van der Waals surface area contributed by atoms with Crippen LogP contribution in [0.5, 0.6) is 0 Å². The average molecular weight is 476 g/mol. The number of imidazole rings is 1. The summed E-state index contributed by atoms with van der Waals surface area (Å²) in [4.78, 5) is 0. The van der Waals surface area contributed by atoms with Crippen LogP contribution in [0.2, 0.25) is 0 Å². The monoisotopic (exact) mass is 475 g/mol. The molecule has 1 aliphatic rings. The highest BCUT2D eigenvalue weighted by atomic mass is 15.2. The van der Waals surface area contributed by atoms with E-state index < -0.39 is 0 Å². The van der Waals surface area contributed by atoms with Crippen molar-refractivity contribution in [3.05, 3.63) is 48.2 Å². The van der Waals surface area contributed by atoms with Gasteiger partial charge in [0.05, 0.1) is 13.1 Å². The lowest BCUT2D eigenvalue weighted by molar-refractivity contribution is -0.686. The van der Waals surface area contributed by atoms with E-state index in [2.05, 4.69) is 70.1 Å². The summed E-state index contributed by atoms with van der Waals surface area (Å²) in [6, 6.07) is 13.7. The van der Waals surface area contributed by atoms with Gasteiger partial charge in [-0.2, -0.15) is 4.57 Å². The molecule has 3 aromatic rings. The van der Waals surface area contributed by atoms with Crippen LogP contribution in [0.4, 0.5) is 0 Å². The smallest absolute Gasteiger partial charge is 0.218 e. The summed E-state index contributed by atoms with van der Waals surface area (Å²) in [6.07, 6.45) is 23.2. The molecule has 3 heterocycles. The van der Waals surface area contributed by atoms with E-state index in [9.17, 15) is 0 Å². The second kappa shape index (κ2) is 13.8. The lowest BCUT2D eigenvalue weighted by Gasteiger charge is -2.05. The van der Waals surface area contributed by atoms with Crippen molar-refractivity contribution < 1.29 is 9.13 Å². The van der Waals surface area contributed by atoms with Gasteiger partial charge in [-0.05, 0) is 37.5 Å². The van der Waals surface area contributed by atoms with Gasteiger partial charge < -0.3 is 0 Å². The van der Waals surface area contributed by atoms with Crippen LogP contribution in [0.1, 0.15) is 109 Å². The van der Waals surface area contributed by atoms with E-state index in [1.807, 2.05) is 0 Å². The first-order valence-corrected chi connectivity index (χ1v) is 14.8. The van der Waals surface area contributed by atoms with Gasteiger partial charge >= 0.3 is 5.82 Å². The van der Waals surface area contributed by atoms with Crippen molar-refractivity contribution in [2.75, 3.05) is 0 Å². The molecule has 0 N–H and O–H groups in total. The number of fused-ring (bicyclic) bond motifs is 5. The summed E-state index contributed by atoms with van der Waals surface area (Å²) in [6.45, 7) is 7.84. The molecule has 1 aromatic carbocycles. The molecule has 190 valence electrons. The fourth-order valence-electron chi connectivity index (χ4n) is 5.91. The van der Waals surface area contributed by atoms with Crippen molar-refractivity contribution in [2.45, 2.75) is 130 Å². The molecule has 1 aliphatic heterocycles. The van der Waals surface area contributed by atoms with Crippen LogP contribution in [-0.2, 0) is 19.6 Å². The first kappa shape index (κ1) is 25.9. The summed E-state index contributed by atoms with van der Waals surface area (Å²) in [5.41, 5.74) is 5.51. The highest BCUT2D eigenvalue weighted by Gasteiger charge is 2.34.